The van der Waals surface area contributed by atoms with Gasteiger partial charge in [-0.25, -0.2) is 4.39 Å². The molecule has 18 heavy (non-hydrogen) atoms. The van der Waals surface area contributed by atoms with E-state index >= 15 is 0 Å². The van der Waals surface area contributed by atoms with Crippen LogP contribution in [0.2, 0.25) is 0 Å². The molecule has 0 aromatic heterocycles. The van der Waals surface area contributed by atoms with E-state index in [0.29, 0.717) is 5.92 Å². The van der Waals surface area contributed by atoms with Gasteiger partial charge in [0.1, 0.15) is 5.82 Å². The molecule has 0 amide bonds. The molecule has 0 fully saturated rings. The molecule has 0 N–H and O–H groups in total. The number of aryl methyl sites for hydroxylation is 1. The standard InChI is InChI=1S/C17H17F/c18-17-8-4-3-5-14(17)10-9-13-11-15-6-1-2-7-16(15)12-13/h1-8,13H,9-12H2. The molecule has 1 heteroatoms. The van der Waals surface area contributed by atoms with Crippen molar-refractivity contribution in [2.24, 2.45) is 5.92 Å². The van der Waals surface area contributed by atoms with E-state index in [0.717, 1.165) is 31.2 Å². The van der Waals surface area contributed by atoms with Crippen molar-refractivity contribution in [1.29, 1.82) is 0 Å². The molecular formula is C17H17F. The number of hydrogen-bond acceptors (Lipinski definition) is 0. The van der Waals surface area contributed by atoms with Crippen molar-refractivity contribution in [3.63, 3.8) is 0 Å². The van der Waals surface area contributed by atoms with Crippen molar-refractivity contribution in [2.75, 3.05) is 0 Å². The third kappa shape index (κ3) is 2.31. The highest BCUT2D eigenvalue weighted by Gasteiger charge is 2.20. The Kier molecular flexibility index (Phi) is 3.14. The predicted octanol–water partition coefficient (Wildman–Crippen LogP) is 4.17. The SMILES string of the molecule is Fc1ccccc1CCC1Cc2ccccc2C1. The first kappa shape index (κ1) is 11.5. The smallest absolute Gasteiger partial charge is 0.126 e. The van der Waals surface area contributed by atoms with Gasteiger partial charge in [0.05, 0.1) is 0 Å². The lowest BCUT2D eigenvalue weighted by molar-refractivity contribution is 0.504. The van der Waals surface area contributed by atoms with Crippen molar-refractivity contribution in [2.45, 2.75) is 25.7 Å². The maximum atomic E-state index is 13.5. The molecule has 0 saturated carbocycles. The second-order valence-electron chi connectivity index (χ2n) is 5.17. The average molecular weight is 240 g/mol. The summed E-state index contributed by atoms with van der Waals surface area (Å²) >= 11 is 0. The quantitative estimate of drug-likeness (QED) is 0.755. The summed E-state index contributed by atoms with van der Waals surface area (Å²) in [5.74, 6) is 0.620. The van der Waals surface area contributed by atoms with Gasteiger partial charge in [-0.05, 0) is 54.4 Å². The maximum Gasteiger partial charge on any atom is 0.126 e. The van der Waals surface area contributed by atoms with Gasteiger partial charge in [0, 0.05) is 0 Å². The summed E-state index contributed by atoms with van der Waals surface area (Å²) in [7, 11) is 0. The van der Waals surface area contributed by atoms with Crippen molar-refractivity contribution >= 4 is 0 Å². The Morgan fingerprint density at radius 3 is 2.17 bits per heavy atom. The first-order chi connectivity index (χ1) is 8.83. The lowest BCUT2D eigenvalue weighted by Crippen LogP contribution is -2.02. The number of hydrogen-bond donors (Lipinski definition) is 0. The van der Waals surface area contributed by atoms with Crippen molar-refractivity contribution in [1.82, 2.24) is 0 Å². The number of halogens is 1. The van der Waals surface area contributed by atoms with Crippen LogP contribution >= 0.6 is 0 Å². The van der Waals surface area contributed by atoms with E-state index in [9.17, 15) is 4.39 Å². The first-order valence-corrected chi connectivity index (χ1v) is 6.63. The van der Waals surface area contributed by atoms with Crippen LogP contribution in [0, 0.1) is 11.7 Å². The van der Waals surface area contributed by atoms with Gasteiger partial charge in [-0.3, -0.25) is 0 Å². The number of benzene rings is 2. The normalized spacial score (nSPS) is 14.7. The molecule has 0 bridgehead atoms. The summed E-state index contributed by atoms with van der Waals surface area (Å²) in [6.45, 7) is 0. The van der Waals surface area contributed by atoms with Crippen LogP contribution < -0.4 is 0 Å². The molecule has 0 spiro atoms. The predicted molar refractivity (Wildman–Crippen MR) is 72.1 cm³/mol. The third-order valence-electron chi connectivity index (χ3n) is 3.92. The largest absolute Gasteiger partial charge is 0.207 e. The minimum atomic E-state index is -0.0620. The van der Waals surface area contributed by atoms with Crippen LogP contribution in [0.5, 0.6) is 0 Å². The summed E-state index contributed by atoms with van der Waals surface area (Å²) < 4.78 is 13.5. The Labute approximate surface area is 107 Å². The van der Waals surface area contributed by atoms with Gasteiger partial charge in [0.25, 0.3) is 0 Å². The second-order valence-corrected chi connectivity index (χ2v) is 5.17. The molecule has 1 aliphatic rings. The van der Waals surface area contributed by atoms with Crippen LogP contribution in [0.3, 0.4) is 0 Å². The average Bonchev–Trinajstić information content (AvgIpc) is 2.80. The van der Waals surface area contributed by atoms with Crippen molar-refractivity contribution in [3.05, 3.63) is 71.0 Å². The van der Waals surface area contributed by atoms with Gasteiger partial charge in [-0.15, -0.1) is 0 Å². The van der Waals surface area contributed by atoms with E-state index in [2.05, 4.69) is 24.3 Å². The van der Waals surface area contributed by atoms with E-state index in [1.54, 1.807) is 12.1 Å². The molecule has 0 aliphatic heterocycles. The van der Waals surface area contributed by atoms with E-state index in [-0.39, 0.29) is 5.82 Å². The molecule has 3 rings (SSSR count). The van der Waals surface area contributed by atoms with Crippen LogP contribution in [-0.2, 0) is 19.3 Å². The maximum absolute atomic E-state index is 13.5. The Morgan fingerprint density at radius 1 is 0.889 bits per heavy atom. The minimum absolute atomic E-state index is 0.0620. The van der Waals surface area contributed by atoms with Crippen LogP contribution in [0.4, 0.5) is 4.39 Å². The minimum Gasteiger partial charge on any atom is -0.207 e. The number of fused-ring (bicyclic) bond motifs is 1. The van der Waals surface area contributed by atoms with Crippen LogP contribution in [0.1, 0.15) is 23.1 Å². The molecule has 0 saturated heterocycles. The molecule has 1 aliphatic carbocycles. The highest BCUT2D eigenvalue weighted by atomic mass is 19.1. The zero-order chi connectivity index (χ0) is 12.4. The van der Waals surface area contributed by atoms with Gasteiger partial charge in [-0.2, -0.15) is 0 Å². The fraction of sp³-hybridized carbons (Fsp3) is 0.294. The lowest BCUT2D eigenvalue weighted by Gasteiger charge is -2.09. The summed E-state index contributed by atoms with van der Waals surface area (Å²) in [6.07, 6.45) is 4.25. The van der Waals surface area contributed by atoms with Crippen LogP contribution in [0.25, 0.3) is 0 Å². The summed E-state index contributed by atoms with van der Waals surface area (Å²) in [4.78, 5) is 0. The molecule has 2 aromatic carbocycles. The van der Waals surface area contributed by atoms with Gasteiger partial charge in [0.2, 0.25) is 0 Å². The lowest BCUT2D eigenvalue weighted by atomic mass is 9.97. The van der Waals surface area contributed by atoms with Crippen LogP contribution in [-0.4, -0.2) is 0 Å². The first-order valence-electron chi connectivity index (χ1n) is 6.63. The molecule has 92 valence electrons. The molecule has 0 heterocycles. The summed E-state index contributed by atoms with van der Waals surface area (Å²) in [6, 6.07) is 15.8. The second kappa shape index (κ2) is 4.93. The molecule has 0 radical (unpaired) electrons. The van der Waals surface area contributed by atoms with Crippen LogP contribution in [0.15, 0.2) is 48.5 Å². The Hall–Kier alpha value is -1.63. The highest BCUT2D eigenvalue weighted by molar-refractivity contribution is 5.32. The van der Waals surface area contributed by atoms with Gasteiger partial charge in [0.15, 0.2) is 0 Å². The third-order valence-corrected chi connectivity index (χ3v) is 3.92. The highest BCUT2D eigenvalue weighted by Crippen LogP contribution is 2.29. The molecular weight excluding hydrogens is 223 g/mol. The molecule has 0 nitrogen and oxygen atoms in total. The fourth-order valence-corrected chi connectivity index (χ4v) is 2.91. The van der Waals surface area contributed by atoms with Gasteiger partial charge in [-0.1, -0.05) is 42.5 Å². The molecule has 0 unspecified atom stereocenters. The molecule has 0 atom stereocenters. The Morgan fingerprint density at radius 2 is 1.50 bits per heavy atom. The molecule has 2 aromatic rings. The van der Waals surface area contributed by atoms with Gasteiger partial charge >= 0.3 is 0 Å². The zero-order valence-electron chi connectivity index (χ0n) is 10.4. The topological polar surface area (TPSA) is 0 Å². The van der Waals surface area contributed by atoms with E-state index < -0.39 is 0 Å². The zero-order valence-corrected chi connectivity index (χ0v) is 10.4. The Balaban J connectivity index is 1.62. The van der Waals surface area contributed by atoms with E-state index in [4.69, 9.17) is 0 Å². The number of rotatable bonds is 3. The van der Waals surface area contributed by atoms with E-state index in [1.807, 2.05) is 12.1 Å². The van der Waals surface area contributed by atoms with E-state index in [1.165, 1.54) is 11.1 Å². The van der Waals surface area contributed by atoms with Crippen molar-refractivity contribution < 1.29 is 4.39 Å². The summed E-state index contributed by atoms with van der Waals surface area (Å²) in [5.41, 5.74) is 3.82. The Bertz CT molecular complexity index is 520. The fourth-order valence-electron chi connectivity index (χ4n) is 2.91. The monoisotopic (exact) mass is 240 g/mol. The van der Waals surface area contributed by atoms with Gasteiger partial charge < -0.3 is 0 Å². The van der Waals surface area contributed by atoms with Crippen molar-refractivity contribution in [3.8, 4) is 0 Å². The summed E-state index contributed by atoms with van der Waals surface area (Å²) in [5, 5.41) is 0.